The summed E-state index contributed by atoms with van der Waals surface area (Å²) in [7, 11) is 0. The number of hydrogen-bond donors (Lipinski definition) is 6. The topological polar surface area (TPSA) is 216 Å². The number of carbonyl (C=O) groups is 2. The Hall–Kier alpha value is -4.00. The summed E-state index contributed by atoms with van der Waals surface area (Å²) in [5, 5.41) is 15.6. The summed E-state index contributed by atoms with van der Waals surface area (Å²) in [4.78, 5) is 27.2. The minimum Gasteiger partial charge on any atom is -0.491 e. The van der Waals surface area contributed by atoms with Crippen molar-refractivity contribution >= 4 is 59.0 Å². The Labute approximate surface area is 446 Å². The number of rotatable bonds is 18. The second-order valence-electron chi connectivity index (χ2n) is 21.6. The van der Waals surface area contributed by atoms with E-state index in [9.17, 15) is 9.59 Å². The molecule has 0 atom stereocenters. The zero-order valence-electron chi connectivity index (χ0n) is 44.5. The Morgan fingerprint density at radius 3 is 0.681 bits per heavy atom. The Balaban J connectivity index is 0.00000129. The van der Waals surface area contributed by atoms with Gasteiger partial charge in [-0.3, -0.25) is 0 Å². The standard InChI is InChI=1S/C52H76N4O4S4.C4H4O4/c1-49(2,3)33-25-37-45(57-21-13-17-53)38(26-33)62-40-28-35(51(7,8)9)30-42(47(40)59-23-15-19-55)64-44-32-36(52(10,11)12)31-43(48(44)60-24-16-20-56)63-41-29-34(50(4,5)6)27-39(61-37)46(41)58-22-14-18-54;5-3(6)1-2-4(7)8/h25-32H,13-24,53-56H2,1-12H3;1-2H,(H,5,6)(H,7,8)/b;2-1+. The zero-order chi connectivity index (χ0) is 53.6. The van der Waals surface area contributed by atoms with Crippen molar-refractivity contribution in [2.75, 3.05) is 52.6 Å². The molecule has 4 aromatic carbocycles. The molecule has 0 radical (unpaired) electrons. The number of nitrogens with two attached hydrogens (primary N) is 4. The van der Waals surface area contributed by atoms with Crippen molar-refractivity contribution in [3.8, 4) is 23.0 Å². The summed E-state index contributed by atoms with van der Waals surface area (Å²) in [5.74, 6) is 0.785. The Morgan fingerprint density at radius 1 is 0.389 bits per heavy atom. The lowest BCUT2D eigenvalue weighted by atomic mass is 9.87. The molecule has 0 aliphatic carbocycles. The van der Waals surface area contributed by atoms with Gasteiger partial charge >= 0.3 is 11.9 Å². The summed E-state index contributed by atoms with van der Waals surface area (Å²) in [5.41, 5.74) is 28.5. The SMILES string of the molecule is CC(C)(C)c1cc2c(OCCCN)c(c1)Sc1cc(C(C)(C)C)cc(c1OCCCN)Sc1cc(C(C)(C)C)cc(c1OCCCN)Sc1cc(C(C)(C)C)cc(c1OCCCN)S2.O=C(O)/C=C/C(=O)O. The number of hydrogen-bond acceptors (Lipinski definition) is 14. The van der Waals surface area contributed by atoms with Crippen molar-refractivity contribution in [3.05, 3.63) is 82.9 Å². The van der Waals surface area contributed by atoms with E-state index in [0.29, 0.717) is 64.8 Å². The van der Waals surface area contributed by atoms with E-state index in [1.807, 2.05) is 0 Å². The van der Waals surface area contributed by atoms with Crippen LogP contribution in [-0.4, -0.2) is 74.8 Å². The minimum atomic E-state index is -1.26. The van der Waals surface area contributed by atoms with Crippen molar-refractivity contribution in [2.45, 2.75) is 170 Å². The third-order valence-electron chi connectivity index (χ3n) is 11.2. The molecular formula is C56H80N4O8S4. The zero-order valence-corrected chi connectivity index (χ0v) is 47.8. The molecule has 0 spiro atoms. The Morgan fingerprint density at radius 2 is 0.556 bits per heavy atom. The van der Waals surface area contributed by atoms with Crippen molar-refractivity contribution in [3.63, 3.8) is 0 Å². The number of aliphatic carboxylic acids is 2. The van der Waals surface area contributed by atoms with Gasteiger partial charge in [-0.1, -0.05) is 130 Å². The predicted molar refractivity (Wildman–Crippen MR) is 298 cm³/mol. The molecule has 396 valence electrons. The van der Waals surface area contributed by atoms with Gasteiger partial charge in [-0.05, 0) is 144 Å². The molecule has 1 aliphatic rings. The first-order valence-corrected chi connectivity index (χ1v) is 27.9. The fourth-order valence-electron chi connectivity index (χ4n) is 6.86. The first-order chi connectivity index (χ1) is 33.7. The maximum atomic E-state index is 9.55. The molecule has 10 N–H and O–H groups in total. The van der Waals surface area contributed by atoms with Gasteiger partial charge in [-0.25, -0.2) is 9.59 Å². The highest BCUT2D eigenvalue weighted by atomic mass is 32.2. The van der Waals surface area contributed by atoms with Crippen LogP contribution in [0.15, 0.2) is 99.8 Å². The molecule has 1 heterocycles. The van der Waals surface area contributed by atoms with Crippen LogP contribution in [0.5, 0.6) is 23.0 Å². The maximum absolute atomic E-state index is 9.55. The van der Waals surface area contributed by atoms with Gasteiger partial charge < -0.3 is 52.1 Å². The lowest BCUT2D eigenvalue weighted by Gasteiger charge is -2.28. The van der Waals surface area contributed by atoms with Crippen molar-refractivity contribution in [1.29, 1.82) is 0 Å². The average Bonchev–Trinajstić information content (AvgIpc) is 3.27. The highest BCUT2D eigenvalue weighted by Gasteiger charge is 2.30. The molecular weight excluding hydrogens is 985 g/mol. The largest absolute Gasteiger partial charge is 0.491 e. The van der Waals surface area contributed by atoms with E-state index in [0.717, 1.165) is 87.8 Å². The van der Waals surface area contributed by atoms with Crippen LogP contribution in [0.2, 0.25) is 0 Å². The lowest BCUT2D eigenvalue weighted by Crippen LogP contribution is -2.14. The third-order valence-corrected chi connectivity index (χ3v) is 15.4. The molecule has 0 fully saturated rings. The average molecular weight is 1070 g/mol. The summed E-state index contributed by atoms with van der Waals surface area (Å²) in [6.07, 6.45) is 4.01. The van der Waals surface area contributed by atoms with Crippen molar-refractivity contribution < 1.29 is 38.7 Å². The lowest BCUT2D eigenvalue weighted by molar-refractivity contribution is -0.134. The van der Waals surface area contributed by atoms with Gasteiger partial charge in [0.15, 0.2) is 0 Å². The fourth-order valence-corrected chi connectivity index (χ4v) is 11.6. The molecule has 5 rings (SSSR count). The smallest absolute Gasteiger partial charge is 0.328 e. The molecule has 1 aliphatic heterocycles. The van der Waals surface area contributed by atoms with E-state index in [1.54, 1.807) is 47.0 Å². The monoisotopic (exact) mass is 1060 g/mol. The van der Waals surface area contributed by atoms with Gasteiger partial charge in [0.05, 0.1) is 65.6 Å². The highest BCUT2D eigenvalue weighted by Crippen LogP contribution is 2.56. The summed E-state index contributed by atoms with van der Waals surface area (Å²) >= 11 is 6.82. The molecule has 0 unspecified atom stereocenters. The van der Waals surface area contributed by atoms with E-state index < -0.39 is 11.9 Å². The first-order valence-electron chi connectivity index (χ1n) is 24.6. The predicted octanol–water partition coefficient (Wildman–Crippen LogP) is 12.4. The number of ether oxygens (including phenoxy) is 4. The molecule has 16 heteroatoms. The van der Waals surface area contributed by atoms with Crippen LogP contribution in [0.3, 0.4) is 0 Å². The normalized spacial score (nSPS) is 13.1. The quantitative estimate of drug-likeness (QED) is 0.0355. The second kappa shape index (κ2) is 27.0. The first kappa shape index (κ1) is 60.6. The molecule has 8 bridgehead atoms. The summed E-state index contributed by atoms with van der Waals surface area (Å²) in [6.45, 7) is 31.3. The van der Waals surface area contributed by atoms with Gasteiger partial charge in [-0.2, -0.15) is 0 Å². The van der Waals surface area contributed by atoms with Gasteiger partial charge in [0.1, 0.15) is 23.0 Å². The van der Waals surface area contributed by atoms with Crippen LogP contribution in [0, 0.1) is 0 Å². The van der Waals surface area contributed by atoms with Crippen LogP contribution < -0.4 is 41.9 Å². The van der Waals surface area contributed by atoms with Gasteiger partial charge in [0.25, 0.3) is 0 Å². The third kappa shape index (κ3) is 17.8. The van der Waals surface area contributed by atoms with Crippen molar-refractivity contribution in [1.82, 2.24) is 0 Å². The molecule has 4 aromatic rings. The van der Waals surface area contributed by atoms with E-state index in [2.05, 4.69) is 132 Å². The molecule has 0 aromatic heterocycles. The number of carboxylic acids is 2. The number of benzene rings is 4. The maximum Gasteiger partial charge on any atom is 0.328 e. The second-order valence-corrected chi connectivity index (χ2v) is 25.9. The summed E-state index contributed by atoms with van der Waals surface area (Å²) < 4.78 is 27.6. The van der Waals surface area contributed by atoms with E-state index >= 15 is 0 Å². The molecule has 0 saturated heterocycles. The molecule has 72 heavy (non-hydrogen) atoms. The van der Waals surface area contributed by atoms with Crippen LogP contribution in [0.4, 0.5) is 0 Å². The van der Waals surface area contributed by atoms with Crippen LogP contribution in [0.1, 0.15) is 131 Å². The Bertz CT molecular complexity index is 2090. The van der Waals surface area contributed by atoms with E-state index in [4.69, 9.17) is 52.1 Å². The van der Waals surface area contributed by atoms with Gasteiger partial charge in [0.2, 0.25) is 0 Å². The van der Waals surface area contributed by atoms with E-state index in [-0.39, 0.29) is 21.7 Å². The van der Waals surface area contributed by atoms with Crippen LogP contribution in [0.25, 0.3) is 0 Å². The van der Waals surface area contributed by atoms with Gasteiger partial charge in [-0.15, -0.1) is 0 Å². The van der Waals surface area contributed by atoms with Crippen LogP contribution >= 0.6 is 47.0 Å². The highest BCUT2D eigenvalue weighted by molar-refractivity contribution is 8.01. The fraction of sp³-hybridized carbons (Fsp3) is 0.500. The molecule has 12 nitrogen and oxygen atoms in total. The minimum absolute atomic E-state index is 0.168. The Kier molecular flexibility index (Phi) is 22.7. The van der Waals surface area contributed by atoms with Crippen LogP contribution in [-0.2, 0) is 31.2 Å². The van der Waals surface area contributed by atoms with E-state index in [1.165, 1.54) is 22.3 Å². The molecule has 0 saturated carbocycles. The van der Waals surface area contributed by atoms with Gasteiger partial charge in [0, 0.05) is 12.2 Å². The number of fused-ring (bicyclic) bond motifs is 8. The van der Waals surface area contributed by atoms with Crippen molar-refractivity contribution in [2.24, 2.45) is 22.9 Å². The molecule has 0 amide bonds. The number of carboxylic acid groups (broad SMARTS) is 2. The summed E-state index contributed by atoms with van der Waals surface area (Å²) in [6, 6.07) is 18.5.